The van der Waals surface area contributed by atoms with E-state index >= 15 is 0 Å². The number of alkyl halides is 6. The maximum atomic E-state index is 13.8. The van der Waals surface area contributed by atoms with Crippen molar-refractivity contribution in [2.24, 2.45) is 5.92 Å². The van der Waals surface area contributed by atoms with E-state index in [-0.39, 0.29) is 18.9 Å². The SMILES string of the molecule is CC(C)([C@H]1C[C@@H](NS(=O)(=O)c2ccc(C(F)(F)F)nc2)C1)S(=O)(=O)c1cc(F)cc(C(F)(F)F)c1. The number of benzene rings is 1. The summed E-state index contributed by atoms with van der Waals surface area (Å²) < 4.78 is 142. The lowest BCUT2D eigenvalue weighted by atomic mass is 9.73. The van der Waals surface area contributed by atoms with Crippen LogP contribution in [0.2, 0.25) is 0 Å². The smallest absolute Gasteiger partial charge is 0.250 e. The van der Waals surface area contributed by atoms with Crippen molar-refractivity contribution in [3.8, 4) is 0 Å². The average Bonchev–Trinajstić information content (AvgIpc) is 2.68. The van der Waals surface area contributed by atoms with Gasteiger partial charge >= 0.3 is 12.4 Å². The Balaban J connectivity index is 1.74. The molecule has 1 aliphatic rings. The van der Waals surface area contributed by atoms with E-state index in [1.54, 1.807) is 0 Å². The van der Waals surface area contributed by atoms with Crippen molar-refractivity contribution in [1.82, 2.24) is 9.71 Å². The van der Waals surface area contributed by atoms with Crippen LogP contribution in [0.15, 0.2) is 46.3 Å². The first-order chi connectivity index (χ1) is 15.7. The van der Waals surface area contributed by atoms with Crippen LogP contribution in [-0.4, -0.2) is 32.6 Å². The number of hydrogen-bond acceptors (Lipinski definition) is 5. The molecule has 1 N–H and O–H groups in total. The third-order valence-corrected chi connectivity index (χ3v) is 10.1. The molecule has 0 atom stereocenters. The summed E-state index contributed by atoms with van der Waals surface area (Å²) in [5.41, 5.74) is -2.74. The lowest BCUT2D eigenvalue weighted by molar-refractivity contribution is -0.141. The summed E-state index contributed by atoms with van der Waals surface area (Å²) in [4.78, 5) is 1.71. The Morgan fingerprint density at radius 1 is 0.886 bits per heavy atom. The highest BCUT2D eigenvalue weighted by molar-refractivity contribution is 7.92. The van der Waals surface area contributed by atoms with Gasteiger partial charge in [0, 0.05) is 12.2 Å². The molecule has 3 rings (SSSR count). The van der Waals surface area contributed by atoms with Crippen LogP contribution in [0.5, 0.6) is 0 Å². The minimum Gasteiger partial charge on any atom is -0.250 e. The highest BCUT2D eigenvalue weighted by Crippen LogP contribution is 2.44. The van der Waals surface area contributed by atoms with Gasteiger partial charge in [-0.1, -0.05) is 0 Å². The Labute approximate surface area is 196 Å². The topological polar surface area (TPSA) is 93.2 Å². The molecule has 0 radical (unpaired) electrons. The van der Waals surface area contributed by atoms with E-state index in [1.165, 1.54) is 13.8 Å². The average molecular weight is 549 g/mol. The second kappa shape index (κ2) is 8.69. The second-order valence-corrected chi connectivity index (χ2v) is 12.9. The summed E-state index contributed by atoms with van der Waals surface area (Å²) in [6.45, 7) is 2.49. The molecule has 194 valence electrons. The van der Waals surface area contributed by atoms with Gasteiger partial charge in [-0.3, -0.25) is 4.98 Å². The van der Waals surface area contributed by atoms with Crippen LogP contribution in [0, 0.1) is 11.7 Å². The molecule has 1 aliphatic carbocycles. The molecule has 0 aliphatic heterocycles. The molecule has 1 saturated carbocycles. The predicted octanol–water partition coefficient (Wildman–Crippen LogP) is 4.57. The summed E-state index contributed by atoms with van der Waals surface area (Å²) in [6.07, 6.45) is -9.24. The van der Waals surface area contributed by atoms with Gasteiger partial charge in [-0.25, -0.2) is 25.9 Å². The van der Waals surface area contributed by atoms with Crippen molar-refractivity contribution >= 4 is 19.9 Å². The number of aromatic nitrogens is 1. The molecule has 0 unspecified atom stereocenters. The normalized spacial score (nSPS) is 19.9. The number of pyridine rings is 1. The van der Waals surface area contributed by atoms with Crippen LogP contribution < -0.4 is 4.72 Å². The van der Waals surface area contributed by atoms with E-state index in [4.69, 9.17) is 0 Å². The first kappa shape index (κ1) is 27.3. The van der Waals surface area contributed by atoms with Gasteiger partial charge in [0.25, 0.3) is 0 Å². The zero-order valence-electron chi connectivity index (χ0n) is 18.1. The Morgan fingerprint density at radius 2 is 1.49 bits per heavy atom. The van der Waals surface area contributed by atoms with Crippen molar-refractivity contribution in [2.45, 2.75) is 59.6 Å². The van der Waals surface area contributed by atoms with Gasteiger partial charge in [0.1, 0.15) is 16.4 Å². The molecule has 0 bridgehead atoms. The van der Waals surface area contributed by atoms with E-state index in [2.05, 4.69) is 9.71 Å². The second-order valence-electron chi connectivity index (χ2n) is 8.64. The highest BCUT2D eigenvalue weighted by Gasteiger charge is 2.50. The van der Waals surface area contributed by atoms with Crippen molar-refractivity contribution in [3.63, 3.8) is 0 Å². The van der Waals surface area contributed by atoms with Gasteiger partial charge in [0.05, 0.1) is 15.2 Å². The number of halogens is 7. The van der Waals surface area contributed by atoms with Gasteiger partial charge < -0.3 is 0 Å². The minimum atomic E-state index is -4.97. The number of hydrogen-bond donors (Lipinski definition) is 1. The van der Waals surface area contributed by atoms with Crippen LogP contribution in [0.25, 0.3) is 0 Å². The maximum absolute atomic E-state index is 13.8. The quantitative estimate of drug-likeness (QED) is 0.534. The van der Waals surface area contributed by atoms with Gasteiger partial charge in [-0.2, -0.15) is 26.3 Å². The summed E-state index contributed by atoms with van der Waals surface area (Å²) in [7, 11) is -8.75. The molecule has 6 nitrogen and oxygen atoms in total. The fourth-order valence-electron chi connectivity index (χ4n) is 3.68. The number of sulfonamides is 1. The zero-order chi connectivity index (χ0) is 26.6. The van der Waals surface area contributed by atoms with Crippen molar-refractivity contribution in [2.75, 3.05) is 0 Å². The van der Waals surface area contributed by atoms with Crippen molar-refractivity contribution < 1.29 is 47.6 Å². The fraction of sp³-hybridized carbons (Fsp3) is 0.450. The van der Waals surface area contributed by atoms with E-state index in [1.807, 2.05) is 0 Å². The minimum absolute atomic E-state index is 0.0268. The van der Waals surface area contributed by atoms with Gasteiger partial charge in [0.2, 0.25) is 10.0 Å². The third-order valence-electron chi connectivity index (χ3n) is 5.98. The van der Waals surface area contributed by atoms with Gasteiger partial charge in [0.15, 0.2) is 9.84 Å². The summed E-state index contributed by atoms with van der Waals surface area (Å²) in [5, 5.41) is 0. The molecule has 1 heterocycles. The number of nitrogens with zero attached hydrogens (tertiary/aromatic N) is 1. The summed E-state index contributed by atoms with van der Waals surface area (Å²) in [6, 6.07) is 1.46. The van der Waals surface area contributed by atoms with Crippen LogP contribution in [0.1, 0.15) is 37.9 Å². The van der Waals surface area contributed by atoms with E-state index in [0.717, 1.165) is 6.07 Å². The van der Waals surface area contributed by atoms with E-state index in [9.17, 15) is 47.6 Å². The Kier molecular flexibility index (Phi) is 6.79. The third kappa shape index (κ3) is 5.45. The molecule has 0 amide bonds. The van der Waals surface area contributed by atoms with Crippen molar-refractivity contribution in [1.29, 1.82) is 0 Å². The largest absolute Gasteiger partial charge is 0.433 e. The zero-order valence-corrected chi connectivity index (χ0v) is 19.7. The Hall–Kier alpha value is -2.26. The molecule has 1 aromatic carbocycles. The molecule has 1 aromatic heterocycles. The van der Waals surface area contributed by atoms with Gasteiger partial charge in [-0.15, -0.1) is 0 Å². The lowest BCUT2D eigenvalue weighted by Gasteiger charge is -2.44. The molecule has 0 spiro atoms. The molecule has 2 aromatic rings. The molecular weight excluding hydrogens is 529 g/mol. The summed E-state index contributed by atoms with van der Waals surface area (Å²) in [5.74, 6) is -2.08. The molecule has 15 heteroatoms. The molecule has 35 heavy (non-hydrogen) atoms. The van der Waals surface area contributed by atoms with Crippen molar-refractivity contribution in [3.05, 3.63) is 53.6 Å². The monoisotopic (exact) mass is 548 g/mol. The number of nitrogens with one attached hydrogen (secondary N) is 1. The fourth-order valence-corrected chi connectivity index (χ4v) is 6.68. The van der Waals surface area contributed by atoms with E-state index in [0.29, 0.717) is 24.4 Å². The Bertz CT molecular complexity index is 1310. The molecular formula is C20H19F7N2O4S2. The molecule has 1 fully saturated rings. The number of sulfone groups is 1. The highest BCUT2D eigenvalue weighted by atomic mass is 32.2. The first-order valence-corrected chi connectivity index (χ1v) is 12.9. The lowest BCUT2D eigenvalue weighted by Crippen LogP contribution is -2.53. The van der Waals surface area contributed by atoms with E-state index < -0.39 is 75.8 Å². The van der Waals surface area contributed by atoms with Crippen LogP contribution in [0.4, 0.5) is 30.7 Å². The molecule has 0 saturated heterocycles. The number of rotatable bonds is 6. The van der Waals surface area contributed by atoms with Crippen LogP contribution >= 0.6 is 0 Å². The predicted molar refractivity (Wildman–Crippen MR) is 109 cm³/mol. The summed E-state index contributed by atoms with van der Waals surface area (Å²) >= 11 is 0. The standard InChI is InChI=1S/C20H19F7N2O4S2/c1-18(2,34(30,31)16-8-12(19(22,23)24)5-13(21)9-16)11-6-14(7-11)29-35(32,33)15-3-4-17(28-10-15)20(25,26)27/h3-5,8-11,14,29H,6-7H2,1-2H3/t11-,14+. The van der Waals surface area contributed by atoms with Crippen LogP contribution in [0.3, 0.4) is 0 Å². The van der Waals surface area contributed by atoms with Crippen LogP contribution in [-0.2, 0) is 32.2 Å². The maximum Gasteiger partial charge on any atom is 0.433 e. The Morgan fingerprint density at radius 3 is 1.97 bits per heavy atom. The van der Waals surface area contributed by atoms with Gasteiger partial charge in [-0.05, 0) is 62.9 Å². The first-order valence-electron chi connectivity index (χ1n) is 9.93.